The number of hydrogen-bond acceptors (Lipinski definition) is 3. The van der Waals surface area contributed by atoms with Crippen molar-refractivity contribution in [2.75, 3.05) is 0 Å². The second-order valence-corrected chi connectivity index (χ2v) is 11.0. The molecule has 8 aromatic rings. The molecular weight excluding hydrogens is 741 g/mol. The third-order valence-corrected chi connectivity index (χ3v) is 7.80. The van der Waals surface area contributed by atoms with Gasteiger partial charge < -0.3 is 14.4 Å². The number of aryl methyl sites for hydroxylation is 2. The van der Waals surface area contributed by atoms with E-state index in [1.807, 2.05) is 86.8 Å². The predicted molar refractivity (Wildman–Crippen MR) is 185 cm³/mol. The Morgan fingerprint density at radius 1 is 0.565 bits per heavy atom. The summed E-state index contributed by atoms with van der Waals surface area (Å²) in [7, 11) is 0. The van der Waals surface area contributed by atoms with Crippen molar-refractivity contribution in [2.24, 2.45) is 0 Å². The molecule has 0 fully saturated rings. The number of furan rings is 1. The number of benzene rings is 5. The van der Waals surface area contributed by atoms with Gasteiger partial charge in [-0.25, -0.2) is 0 Å². The largest absolute Gasteiger partial charge is 0.455 e. The molecule has 0 aliphatic carbocycles. The van der Waals surface area contributed by atoms with Gasteiger partial charge in [0.1, 0.15) is 11.2 Å². The molecule has 3 heterocycles. The summed E-state index contributed by atoms with van der Waals surface area (Å²) in [5.74, 6) is 0. The Morgan fingerprint density at radius 3 is 2.11 bits per heavy atom. The van der Waals surface area contributed by atoms with Crippen molar-refractivity contribution in [2.45, 2.75) is 13.8 Å². The van der Waals surface area contributed by atoms with Gasteiger partial charge in [0.2, 0.25) is 0 Å². The molecule has 5 aromatic carbocycles. The van der Waals surface area contributed by atoms with E-state index in [4.69, 9.17) is 4.42 Å². The first-order valence-electron chi connectivity index (χ1n) is 15.0. The molecule has 4 heteroatoms. The van der Waals surface area contributed by atoms with Gasteiger partial charge in [-0.3, -0.25) is 0 Å². The maximum Gasteiger partial charge on any atom is 0.143 e. The van der Waals surface area contributed by atoms with Crippen LogP contribution in [0.15, 0.2) is 150 Å². The maximum atomic E-state index is 6.21. The number of nitrogens with zero attached hydrogens (tertiary/aromatic N) is 2. The van der Waals surface area contributed by atoms with Crippen LogP contribution >= 0.6 is 0 Å². The first kappa shape index (κ1) is 30.9. The number of para-hydroxylation sites is 2. The zero-order chi connectivity index (χ0) is 30.6. The summed E-state index contributed by atoms with van der Waals surface area (Å²) in [4.78, 5) is 8.95. The summed E-state index contributed by atoms with van der Waals surface area (Å²) in [5, 5.41) is 2.30. The summed E-state index contributed by atoms with van der Waals surface area (Å²) >= 11 is 0. The molecule has 0 spiro atoms. The Bertz CT molecular complexity index is 2220. The molecule has 0 aliphatic rings. The van der Waals surface area contributed by atoms with Gasteiger partial charge in [0, 0.05) is 48.3 Å². The van der Waals surface area contributed by atoms with Gasteiger partial charge in [-0.2, -0.15) is 0 Å². The average molecular weight is 771 g/mol. The summed E-state index contributed by atoms with van der Waals surface area (Å²) < 4.78 is 6.21. The topological polar surface area (TPSA) is 38.9 Å². The van der Waals surface area contributed by atoms with Crippen molar-refractivity contribution in [3.63, 3.8) is 0 Å². The molecule has 225 valence electrons. The Balaban J connectivity index is 0.000000223. The van der Waals surface area contributed by atoms with Crippen LogP contribution in [0.25, 0.3) is 66.7 Å². The molecule has 46 heavy (non-hydrogen) atoms. The first-order valence-corrected chi connectivity index (χ1v) is 15.0. The normalized spacial score (nSPS) is 10.7. The molecule has 0 bridgehead atoms. The van der Waals surface area contributed by atoms with E-state index in [2.05, 4.69) is 94.9 Å². The van der Waals surface area contributed by atoms with E-state index >= 15 is 0 Å². The third kappa shape index (κ3) is 6.60. The summed E-state index contributed by atoms with van der Waals surface area (Å²) in [6.45, 7) is 4.04. The van der Waals surface area contributed by atoms with Crippen LogP contribution in [0.1, 0.15) is 11.3 Å². The van der Waals surface area contributed by atoms with E-state index in [-0.39, 0.29) is 20.1 Å². The van der Waals surface area contributed by atoms with Crippen molar-refractivity contribution in [1.29, 1.82) is 0 Å². The molecule has 0 aliphatic heterocycles. The van der Waals surface area contributed by atoms with E-state index in [0.717, 1.165) is 78.0 Å². The van der Waals surface area contributed by atoms with Crippen molar-refractivity contribution in [3.05, 3.63) is 169 Å². The zero-order valence-corrected chi connectivity index (χ0v) is 27.9. The van der Waals surface area contributed by atoms with Gasteiger partial charge in [-0.15, -0.1) is 71.3 Å². The van der Waals surface area contributed by atoms with Crippen molar-refractivity contribution in [1.82, 2.24) is 9.97 Å². The first-order chi connectivity index (χ1) is 22.1. The number of fused-ring (bicyclic) bond motifs is 3. The van der Waals surface area contributed by atoms with Crippen molar-refractivity contribution in [3.8, 4) is 44.8 Å². The van der Waals surface area contributed by atoms with Crippen molar-refractivity contribution < 1.29 is 24.5 Å². The minimum absolute atomic E-state index is 0. The minimum Gasteiger partial charge on any atom is -0.455 e. The molecular formula is C42H30IrN2O-2. The van der Waals surface area contributed by atoms with Crippen LogP contribution in [0.5, 0.6) is 0 Å². The second-order valence-electron chi connectivity index (χ2n) is 11.0. The molecule has 3 aromatic heterocycles. The SMILES string of the molecule is Cc1ccc(-c2[c-]ccc(-c3ccc(-c4cccc5c4oc4ccccc45)cc3)c2)nc1.Cc1cccc(-c2[c-]cccc2)n1.[Ir]. The molecule has 0 unspecified atom stereocenters. The standard InChI is InChI=1S/C30H20NO.C12H10N.Ir/c1-20-12-17-28(31-19-20)24-7-4-6-23(18-24)21-13-15-22(16-14-21)25-9-5-10-27-26-8-2-3-11-29(26)32-30(25)27;1-10-6-5-9-12(13-10)11-7-3-2-4-8-11;/h2-6,8-19H,1H3;2-7,9H,1H3;/q2*-1;. The smallest absolute Gasteiger partial charge is 0.143 e. The van der Waals surface area contributed by atoms with Crippen molar-refractivity contribution >= 4 is 21.9 Å². The average Bonchev–Trinajstić information content (AvgIpc) is 3.49. The molecule has 0 N–H and O–H groups in total. The Labute approximate surface area is 283 Å². The van der Waals surface area contributed by atoms with Gasteiger partial charge in [-0.05, 0) is 54.1 Å². The van der Waals surface area contributed by atoms with Crippen LogP contribution in [0.2, 0.25) is 0 Å². The number of pyridine rings is 2. The van der Waals surface area contributed by atoms with Crippen LogP contribution in [0.3, 0.4) is 0 Å². The van der Waals surface area contributed by atoms with Crippen LogP contribution < -0.4 is 0 Å². The van der Waals surface area contributed by atoms with Gasteiger partial charge in [-0.1, -0.05) is 84.9 Å². The number of aromatic nitrogens is 2. The summed E-state index contributed by atoms with van der Waals surface area (Å²) in [6.07, 6.45) is 1.89. The quantitative estimate of drug-likeness (QED) is 0.167. The Hall–Kier alpha value is -5.15. The molecule has 3 nitrogen and oxygen atoms in total. The predicted octanol–water partition coefficient (Wildman–Crippen LogP) is 10.9. The van der Waals surface area contributed by atoms with Gasteiger partial charge >= 0.3 is 0 Å². The fraction of sp³-hybridized carbons (Fsp3) is 0.0476. The van der Waals surface area contributed by atoms with Crippen LogP contribution in [0, 0.1) is 26.0 Å². The number of hydrogen-bond donors (Lipinski definition) is 0. The van der Waals surface area contributed by atoms with Crippen LogP contribution in [-0.2, 0) is 20.1 Å². The monoisotopic (exact) mass is 771 g/mol. The molecule has 8 rings (SSSR count). The zero-order valence-electron chi connectivity index (χ0n) is 25.5. The van der Waals surface area contributed by atoms with Gasteiger partial charge in [0.25, 0.3) is 0 Å². The van der Waals surface area contributed by atoms with E-state index in [1.165, 1.54) is 0 Å². The molecule has 0 saturated carbocycles. The second kappa shape index (κ2) is 13.9. The van der Waals surface area contributed by atoms with Gasteiger partial charge in [0.05, 0.1) is 0 Å². The molecule has 0 amide bonds. The fourth-order valence-corrected chi connectivity index (χ4v) is 5.48. The maximum absolute atomic E-state index is 6.21. The van der Waals surface area contributed by atoms with E-state index < -0.39 is 0 Å². The van der Waals surface area contributed by atoms with E-state index in [0.29, 0.717) is 0 Å². The van der Waals surface area contributed by atoms with Crippen LogP contribution in [0.4, 0.5) is 0 Å². The van der Waals surface area contributed by atoms with Crippen LogP contribution in [-0.4, -0.2) is 9.97 Å². The summed E-state index contributed by atoms with van der Waals surface area (Å²) in [6, 6.07) is 53.9. The Kier molecular flexibility index (Phi) is 9.30. The minimum atomic E-state index is 0. The van der Waals surface area contributed by atoms with E-state index in [9.17, 15) is 0 Å². The fourth-order valence-electron chi connectivity index (χ4n) is 5.48. The summed E-state index contributed by atoms with van der Waals surface area (Å²) in [5.41, 5.74) is 12.6. The third-order valence-electron chi connectivity index (χ3n) is 7.80. The Morgan fingerprint density at radius 2 is 1.33 bits per heavy atom. The van der Waals surface area contributed by atoms with Gasteiger partial charge in [0.15, 0.2) is 0 Å². The molecule has 0 atom stereocenters. The van der Waals surface area contributed by atoms with E-state index in [1.54, 1.807) is 0 Å². The molecule has 1 radical (unpaired) electrons. The number of rotatable bonds is 4. The molecule has 0 saturated heterocycles.